The molecule has 0 fully saturated rings. The molecule has 8 heteroatoms. The maximum atomic E-state index is 12.9. The predicted octanol–water partition coefficient (Wildman–Crippen LogP) is 3.44. The van der Waals surface area contributed by atoms with Crippen LogP contribution < -0.4 is 15.5 Å². The first kappa shape index (κ1) is 21.4. The van der Waals surface area contributed by atoms with Gasteiger partial charge in [-0.1, -0.05) is 17.7 Å². The Morgan fingerprint density at radius 1 is 0.935 bits per heavy atom. The van der Waals surface area contributed by atoms with E-state index in [0.717, 1.165) is 17.7 Å². The number of carbonyl (C=O) groups excluding carboxylic acids is 3. The molecule has 0 heterocycles. The normalized spacial score (nSPS) is 10.5. The van der Waals surface area contributed by atoms with Crippen LogP contribution in [0.1, 0.15) is 21.5 Å². The fourth-order valence-electron chi connectivity index (χ4n) is 2.50. The molecule has 2 amide bonds. The number of hydrogen-bond acceptors (Lipinski definition) is 5. The molecule has 3 aromatic carbocycles. The van der Waals surface area contributed by atoms with E-state index in [0.29, 0.717) is 16.9 Å². The molecule has 0 aromatic heterocycles. The number of hydrogen-bond donors (Lipinski definition) is 2. The Kier molecular flexibility index (Phi) is 6.85. The average molecular weight is 419 g/mol. The molecule has 3 aromatic rings. The lowest BCUT2D eigenvalue weighted by molar-refractivity contribution is -0.136. The Hall–Kier alpha value is -4.33. The smallest absolute Gasteiger partial charge is 0.343 e. The van der Waals surface area contributed by atoms with Crippen LogP contribution >= 0.6 is 0 Å². The lowest BCUT2D eigenvalue weighted by Gasteiger charge is -2.05. The minimum Gasteiger partial charge on any atom is -0.423 e. The number of benzene rings is 3. The first-order valence-corrected chi connectivity index (χ1v) is 9.19. The lowest BCUT2D eigenvalue weighted by atomic mass is 10.1. The molecule has 156 valence electrons. The van der Waals surface area contributed by atoms with E-state index in [-0.39, 0.29) is 5.69 Å². The zero-order valence-electron chi connectivity index (χ0n) is 16.5. The number of hydrazone groups is 1. The molecule has 0 aliphatic rings. The molecule has 0 saturated heterocycles. The molecular weight excluding hydrogens is 401 g/mol. The van der Waals surface area contributed by atoms with Crippen molar-refractivity contribution in [1.82, 2.24) is 5.43 Å². The van der Waals surface area contributed by atoms with Crippen LogP contribution in [0.3, 0.4) is 0 Å². The molecule has 0 atom stereocenters. The van der Waals surface area contributed by atoms with Gasteiger partial charge < -0.3 is 10.1 Å². The zero-order chi connectivity index (χ0) is 22.2. The second-order valence-corrected chi connectivity index (χ2v) is 6.49. The van der Waals surface area contributed by atoms with Gasteiger partial charge in [-0.2, -0.15) is 5.10 Å². The second-order valence-electron chi connectivity index (χ2n) is 6.49. The van der Waals surface area contributed by atoms with Crippen molar-refractivity contribution in [1.29, 1.82) is 0 Å². The highest BCUT2D eigenvalue weighted by Crippen LogP contribution is 2.14. The SMILES string of the molecule is Cc1cccc(C(=O)Oc2ccc(/C=N\NC(=O)C(=O)Nc3ccc(F)cc3)cc2)c1. The third-order valence-electron chi connectivity index (χ3n) is 4.03. The van der Waals surface area contributed by atoms with E-state index in [2.05, 4.69) is 15.8 Å². The van der Waals surface area contributed by atoms with E-state index >= 15 is 0 Å². The zero-order valence-corrected chi connectivity index (χ0v) is 16.5. The third kappa shape index (κ3) is 6.33. The fraction of sp³-hybridized carbons (Fsp3) is 0.0435. The Labute approximate surface area is 177 Å². The maximum Gasteiger partial charge on any atom is 0.343 e. The van der Waals surface area contributed by atoms with Crippen LogP contribution in [0.15, 0.2) is 77.9 Å². The van der Waals surface area contributed by atoms with E-state index in [4.69, 9.17) is 4.74 Å². The van der Waals surface area contributed by atoms with Crippen molar-refractivity contribution >= 4 is 29.7 Å². The molecule has 7 nitrogen and oxygen atoms in total. The van der Waals surface area contributed by atoms with E-state index in [1.54, 1.807) is 42.5 Å². The van der Waals surface area contributed by atoms with Crippen LogP contribution in [-0.2, 0) is 9.59 Å². The molecule has 0 aliphatic carbocycles. The van der Waals surface area contributed by atoms with Gasteiger partial charge in [-0.05, 0) is 73.2 Å². The number of carbonyl (C=O) groups is 3. The van der Waals surface area contributed by atoms with E-state index in [9.17, 15) is 18.8 Å². The summed E-state index contributed by atoms with van der Waals surface area (Å²) in [7, 11) is 0. The molecule has 3 rings (SSSR count). The number of halogens is 1. The standard InChI is InChI=1S/C23H18FN3O4/c1-15-3-2-4-17(13-15)23(30)31-20-11-5-16(6-12-20)14-25-27-22(29)21(28)26-19-9-7-18(24)8-10-19/h2-14H,1H3,(H,26,28)(H,27,29)/b25-14-. The van der Waals surface area contributed by atoms with Gasteiger partial charge in [-0.15, -0.1) is 0 Å². The summed E-state index contributed by atoms with van der Waals surface area (Å²) in [6, 6.07) is 18.5. The summed E-state index contributed by atoms with van der Waals surface area (Å²) in [6.45, 7) is 1.89. The quantitative estimate of drug-likeness (QED) is 0.218. The lowest BCUT2D eigenvalue weighted by Crippen LogP contribution is -2.32. The molecular formula is C23H18FN3O4. The molecule has 2 N–H and O–H groups in total. The van der Waals surface area contributed by atoms with Crippen molar-refractivity contribution < 1.29 is 23.5 Å². The van der Waals surface area contributed by atoms with Gasteiger partial charge in [0.25, 0.3) is 0 Å². The summed E-state index contributed by atoms with van der Waals surface area (Å²) >= 11 is 0. The van der Waals surface area contributed by atoms with Crippen molar-refractivity contribution in [2.45, 2.75) is 6.92 Å². The number of nitrogens with one attached hydrogen (secondary N) is 2. The molecule has 0 unspecified atom stereocenters. The predicted molar refractivity (Wildman–Crippen MR) is 113 cm³/mol. The number of esters is 1. The van der Waals surface area contributed by atoms with Crippen molar-refractivity contribution in [3.8, 4) is 5.75 Å². The summed E-state index contributed by atoms with van der Waals surface area (Å²) in [4.78, 5) is 35.7. The van der Waals surface area contributed by atoms with Crippen molar-refractivity contribution in [3.63, 3.8) is 0 Å². The minimum atomic E-state index is -0.982. The number of nitrogens with zero attached hydrogens (tertiary/aromatic N) is 1. The summed E-state index contributed by atoms with van der Waals surface area (Å²) in [5.41, 5.74) is 4.38. The highest BCUT2D eigenvalue weighted by molar-refractivity contribution is 6.39. The number of aryl methyl sites for hydroxylation is 1. The number of rotatable bonds is 5. The molecule has 0 radical (unpaired) electrons. The van der Waals surface area contributed by atoms with Crippen LogP contribution in [-0.4, -0.2) is 24.0 Å². The monoisotopic (exact) mass is 419 g/mol. The van der Waals surface area contributed by atoms with E-state index in [1.165, 1.54) is 18.3 Å². The highest BCUT2D eigenvalue weighted by atomic mass is 19.1. The van der Waals surface area contributed by atoms with Gasteiger partial charge >= 0.3 is 17.8 Å². The Balaban J connectivity index is 1.50. The number of ether oxygens (including phenoxy) is 1. The van der Waals surface area contributed by atoms with Gasteiger partial charge in [-0.3, -0.25) is 9.59 Å². The maximum absolute atomic E-state index is 12.9. The van der Waals surface area contributed by atoms with Gasteiger partial charge in [0.15, 0.2) is 0 Å². The minimum absolute atomic E-state index is 0.279. The fourth-order valence-corrected chi connectivity index (χ4v) is 2.50. The molecule has 0 bridgehead atoms. The Morgan fingerprint density at radius 2 is 1.65 bits per heavy atom. The van der Waals surface area contributed by atoms with Gasteiger partial charge in [-0.25, -0.2) is 14.6 Å². The topological polar surface area (TPSA) is 96.9 Å². The van der Waals surface area contributed by atoms with Crippen molar-refractivity contribution in [2.75, 3.05) is 5.32 Å². The molecule has 0 saturated carbocycles. The first-order chi connectivity index (χ1) is 14.9. The third-order valence-corrected chi connectivity index (χ3v) is 4.03. The first-order valence-electron chi connectivity index (χ1n) is 9.19. The van der Waals surface area contributed by atoms with Gasteiger partial charge in [0.1, 0.15) is 11.6 Å². The summed E-state index contributed by atoms with van der Waals surface area (Å²) in [5.74, 6) is -2.50. The Morgan fingerprint density at radius 3 is 2.32 bits per heavy atom. The van der Waals surface area contributed by atoms with Crippen LogP contribution in [0.4, 0.5) is 10.1 Å². The van der Waals surface area contributed by atoms with Crippen molar-refractivity contribution in [2.24, 2.45) is 5.10 Å². The number of anilines is 1. The molecule has 31 heavy (non-hydrogen) atoms. The van der Waals surface area contributed by atoms with Crippen LogP contribution in [0.5, 0.6) is 5.75 Å². The van der Waals surface area contributed by atoms with Crippen LogP contribution in [0.25, 0.3) is 0 Å². The van der Waals surface area contributed by atoms with E-state index < -0.39 is 23.6 Å². The molecule has 0 aliphatic heterocycles. The number of amides is 2. The molecule has 0 spiro atoms. The van der Waals surface area contributed by atoms with Gasteiger partial charge in [0.05, 0.1) is 11.8 Å². The summed E-state index contributed by atoms with van der Waals surface area (Å²) < 4.78 is 18.2. The van der Waals surface area contributed by atoms with Crippen LogP contribution in [0, 0.1) is 12.7 Å². The average Bonchev–Trinajstić information content (AvgIpc) is 2.76. The summed E-state index contributed by atoms with van der Waals surface area (Å²) in [5, 5.41) is 6.03. The van der Waals surface area contributed by atoms with E-state index in [1.807, 2.05) is 13.0 Å². The van der Waals surface area contributed by atoms with Crippen LogP contribution in [0.2, 0.25) is 0 Å². The highest BCUT2D eigenvalue weighted by Gasteiger charge is 2.13. The summed E-state index contributed by atoms with van der Waals surface area (Å²) in [6.07, 6.45) is 1.33. The Bertz CT molecular complexity index is 1130. The van der Waals surface area contributed by atoms with Gasteiger partial charge in [0.2, 0.25) is 0 Å². The van der Waals surface area contributed by atoms with Crippen molar-refractivity contribution in [3.05, 3.63) is 95.3 Å². The largest absolute Gasteiger partial charge is 0.423 e. The second kappa shape index (κ2) is 9.93. The van der Waals surface area contributed by atoms with Gasteiger partial charge in [0, 0.05) is 5.69 Å².